The molecule has 1 fully saturated rings. The third-order valence-electron chi connectivity index (χ3n) is 6.36. The third-order valence-corrected chi connectivity index (χ3v) is 7.27. The first-order valence-electron chi connectivity index (χ1n) is 12.1. The lowest BCUT2D eigenvalue weighted by Gasteiger charge is -2.31. The second-order valence-electron chi connectivity index (χ2n) is 8.83. The number of methoxy groups -OCH3 is 1. The standard InChI is InChI=1S/C25H31N5O4S/c1-34-20-11-9-19(10-12-20)27-22(32)23-28-29-24(35-23)25(33)30-15-5-8-18(16-30)21(31)26-14-13-17-6-3-2-4-7-17/h6,9-12,18H,2-5,7-8,13-16H2,1H3,(H,26,31)(H,27,32). The van der Waals surface area contributed by atoms with Gasteiger partial charge in [-0.25, -0.2) is 0 Å². The van der Waals surface area contributed by atoms with Crippen LogP contribution >= 0.6 is 11.3 Å². The fourth-order valence-electron chi connectivity index (χ4n) is 4.39. The van der Waals surface area contributed by atoms with Crippen molar-refractivity contribution in [2.24, 2.45) is 5.92 Å². The Hall–Kier alpha value is -3.27. The zero-order valence-corrected chi connectivity index (χ0v) is 20.7. The van der Waals surface area contributed by atoms with Crippen molar-refractivity contribution in [1.82, 2.24) is 20.4 Å². The van der Waals surface area contributed by atoms with Crippen LogP contribution in [0.2, 0.25) is 0 Å². The fraction of sp³-hybridized carbons (Fsp3) is 0.480. The first kappa shape index (κ1) is 24.8. The van der Waals surface area contributed by atoms with Gasteiger partial charge in [-0.2, -0.15) is 0 Å². The van der Waals surface area contributed by atoms with Crippen molar-refractivity contribution in [2.45, 2.75) is 44.9 Å². The van der Waals surface area contributed by atoms with E-state index in [1.54, 1.807) is 36.3 Å². The molecule has 10 heteroatoms. The van der Waals surface area contributed by atoms with Gasteiger partial charge in [-0.05, 0) is 69.2 Å². The van der Waals surface area contributed by atoms with Crippen molar-refractivity contribution in [2.75, 3.05) is 32.1 Å². The molecule has 0 spiro atoms. The maximum atomic E-state index is 13.0. The highest BCUT2D eigenvalue weighted by molar-refractivity contribution is 7.15. The molecule has 2 aliphatic rings. The molecule has 35 heavy (non-hydrogen) atoms. The molecule has 1 aromatic carbocycles. The molecule has 2 aromatic rings. The van der Waals surface area contributed by atoms with Crippen LogP contribution in [0.3, 0.4) is 0 Å². The van der Waals surface area contributed by atoms with Crippen molar-refractivity contribution in [3.8, 4) is 5.75 Å². The summed E-state index contributed by atoms with van der Waals surface area (Å²) in [6.45, 7) is 1.54. The van der Waals surface area contributed by atoms with E-state index in [-0.39, 0.29) is 27.7 Å². The van der Waals surface area contributed by atoms with E-state index in [2.05, 4.69) is 26.9 Å². The molecule has 4 rings (SSSR count). The molecule has 1 atom stereocenters. The Morgan fingerprint density at radius 2 is 1.91 bits per heavy atom. The van der Waals surface area contributed by atoms with Crippen molar-refractivity contribution in [3.63, 3.8) is 0 Å². The molecule has 2 N–H and O–H groups in total. The predicted molar refractivity (Wildman–Crippen MR) is 134 cm³/mol. The molecule has 1 saturated heterocycles. The minimum Gasteiger partial charge on any atom is -0.497 e. The van der Waals surface area contributed by atoms with E-state index >= 15 is 0 Å². The Bertz CT molecular complexity index is 1080. The average molecular weight is 498 g/mol. The van der Waals surface area contributed by atoms with Crippen LogP contribution in [0.1, 0.15) is 64.6 Å². The zero-order chi connectivity index (χ0) is 24.6. The molecular formula is C25H31N5O4S. The number of amides is 3. The van der Waals surface area contributed by atoms with Crippen LogP contribution in [0.15, 0.2) is 35.9 Å². The second-order valence-corrected chi connectivity index (χ2v) is 9.81. The highest BCUT2D eigenvalue weighted by Crippen LogP contribution is 2.22. The number of benzene rings is 1. The summed E-state index contributed by atoms with van der Waals surface area (Å²) in [5, 5.41) is 13.9. The van der Waals surface area contributed by atoms with Gasteiger partial charge >= 0.3 is 0 Å². The van der Waals surface area contributed by atoms with E-state index in [0.717, 1.165) is 43.4 Å². The number of rotatable bonds is 8. The molecule has 9 nitrogen and oxygen atoms in total. The first-order valence-corrected chi connectivity index (χ1v) is 12.9. The number of carbonyl (C=O) groups excluding carboxylic acids is 3. The number of aromatic nitrogens is 2. The van der Waals surface area contributed by atoms with Gasteiger partial charge in [0, 0.05) is 25.3 Å². The van der Waals surface area contributed by atoms with E-state index in [1.165, 1.54) is 18.4 Å². The Morgan fingerprint density at radius 3 is 2.66 bits per heavy atom. The molecule has 1 unspecified atom stereocenters. The quantitative estimate of drug-likeness (QED) is 0.538. The number of allylic oxidation sites excluding steroid dienone is 1. The van der Waals surface area contributed by atoms with Gasteiger partial charge in [0.25, 0.3) is 11.8 Å². The molecular weight excluding hydrogens is 466 g/mol. The maximum absolute atomic E-state index is 13.0. The number of likely N-dealkylation sites (tertiary alicyclic amines) is 1. The van der Waals surface area contributed by atoms with E-state index in [4.69, 9.17) is 4.74 Å². The number of piperidine rings is 1. The minimum absolute atomic E-state index is 0.00395. The van der Waals surface area contributed by atoms with E-state index < -0.39 is 5.91 Å². The summed E-state index contributed by atoms with van der Waals surface area (Å²) in [6.07, 6.45) is 9.45. The predicted octanol–water partition coefficient (Wildman–Crippen LogP) is 3.66. The number of hydrogen-bond acceptors (Lipinski definition) is 7. The summed E-state index contributed by atoms with van der Waals surface area (Å²) < 4.78 is 5.11. The summed E-state index contributed by atoms with van der Waals surface area (Å²) in [7, 11) is 1.57. The molecule has 0 bridgehead atoms. The van der Waals surface area contributed by atoms with Crippen LogP contribution in [0.25, 0.3) is 0 Å². The second kappa shape index (κ2) is 11.9. The number of carbonyl (C=O) groups is 3. The molecule has 1 aliphatic heterocycles. The molecule has 1 aliphatic carbocycles. The summed E-state index contributed by atoms with van der Waals surface area (Å²) in [4.78, 5) is 39.9. The number of anilines is 1. The monoisotopic (exact) mass is 497 g/mol. The van der Waals surface area contributed by atoms with Gasteiger partial charge in [0.2, 0.25) is 15.9 Å². The van der Waals surface area contributed by atoms with Gasteiger partial charge in [0.15, 0.2) is 0 Å². The minimum atomic E-state index is -0.435. The number of hydrogen-bond donors (Lipinski definition) is 2. The van der Waals surface area contributed by atoms with Crippen molar-refractivity contribution in [3.05, 3.63) is 45.9 Å². The molecule has 0 saturated carbocycles. The Balaban J connectivity index is 1.28. The van der Waals surface area contributed by atoms with Crippen molar-refractivity contribution >= 4 is 34.7 Å². The third kappa shape index (κ3) is 6.66. The first-order chi connectivity index (χ1) is 17.0. The highest BCUT2D eigenvalue weighted by atomic mass is 32.1. The molecule has 1 aromatic heterocycles. The summed E-state index contributed by atoms with van der Waals surface area (Å²) >= 11 is 0.952. The van der Waals surface area contributed by atoms with Crippen LogP contribution in [0.5, 0.6) is 5.75 Å². The van der Waals surface area contributed by atoms with Crippen molar-refractivity contribution < 1.29 is 19.1 Å². The summed E-state index contributed by atoms with van der Waals surface area (Å²) in [5.41, 5.74) is 2.02. The van der Waals surface area contributed by atoms with Gasteiger partial charge in [-0.15, -0.1) is 10.2 Å². The van der Waals surface area contributed by atoms with Gasteiger partial charge in [0.1, 0.15) is 5.75 Å². The van der Waals surface area contributed by atoms with Gasteiger partial charge in [-0.3, -0.25) is 14.4 Å². The Labute approximate surface area is 208 Å². The van der Waals surface area contributed by atoms with Gasteiger partial charge in [0.05, 0.1) is 13.0 Å². The lowest BCUT2D eigenvalue weighted by Crippen LogP contribution is -2.45. The van der Waals surface area contributed by atoms with Gasteiger partial charge in [-0.1, -0.05) is 23.0 Å². The zero-order valence-electron chi connectivity index (χ0n) is 19.9. The summed E-state index contributed by atoms with van der Waals surface area (Å²) in [5.74, 6) is -0.289. The average Bonchev–Trinajstić information content (AvgIpc) is 3.40. The number of ether oxygens (including phenoxy) is 1. The maximum Gasteiger partial charge on any atom is 0.286 e. The molecule has 2 heterocycles. The number of nitrogens with zero attached hydrogens (tertiary/aromatic N) is 3. The molecule has 186 valence electrons. The highest BCUT2D eigenvalue weighted by Gasteiger charge is 2.30. The number of nitrogens with one attached hydrogen (secondary N) is 2. The SMILES string of the molecule is COc1ccc(NC(=O)c2nnc(C(=O)N3CCCC(C(=O)NCCC4=CCCCC4)C3)s2)cc1. The topological polar surface area (TPSA) is 114 Å². The lowest BCUT2D eigenvalue weighted by atomic mass is 9.96. The largest absolute Gasteiger partial charge is 0.497 e. The normalized spacial score (nSPS) is 17.9. The lowest BCUT2D eigenvalue weighted by molar-refractivity contribution is -0.126. The van der Waals surface area contributed by atoms with Crippen LogP contribution in [-0.2, 0) is 4.79 Å². The fourth-order valence-corrected chi connectivity index (χ4v) is 5.10. The summed E-state index contributed by atoms with van der Waals surface area (Å²) in [6, 6.07) is 6.91. The Kier molecular flexibility index (Phi) is 8.46. The Morgan fingerprint density at radius 1 is 1.11 bits per heavy atom. The van der Waals surface area contributed by atoms with E-state index in [9.17, 15) is 14.4 Å². The van der Waals surface area contributed by atoms with Crippen LogP contribution in [0.4, 0.5) is 5.69 Å². The smallest absolute Gasteiger partial charge is 0.286 e. The van der Waals surface area contributed by atoms with E-state index in [0.29, 0.717) is 31.1 Å². The molecule has 0 radical (unpaired) electrons. The van der Waals surface area contributed by atoms with Crippen LogP contribution in [0, 0.1) is 5.92 Å². The van der Waals surface area contributed by atoms with Crippen molar-refractivity contribution in [1.29, 1.82) is 0 Å². The molecule has 3 amide bonds. The van der Waals surface area contributed by atoms with Crippen LogP contribution < -0.4 is 15.4 Å². The van der Waals surface area contributed by atoms with Gasteiger partial charge < -0.3 is 20.3 Å². The van der Waals surface area contributed by atoms with E-state index in [1.807, 2.05) is 0 Å². The van der Waals surface area contributed by atoms with Crippen LogP contribution in [-0.4, -0.2) is 59.6 Å².